The van der Waals surface area contributed by atoms with Crippen LogP contribution in [0.4, 0.5) is 5.13 Å². The molecule has 1 aliphatic heterocycles. The molecule has 0 saturated heterocycles. The van der Waals surface area contributed by atoms with Crippen LogP contribution in [0.15, 0.2) is 34.7 Å². The lowest BCUT2D eigenvalue weighted by Crippen LogP contribution is -2.25. The molecule has 25 heavy (non-hydrogen) atoms. The molecule has 0 aliphatic carbocycles. The number of anilines is 1. The van der Waals surface area contributed by atoms with Gasteiger partial charge in [0.2, 0.25) is 5.89 Å². The Balaban J connectivity index is 1.55. The van der Waals surface area contributed by atoms with Gasteiger partial charge in [0, 0.05) is 30.0 Å². The SMILES string of the molecule is Cc1oc(-c2ccccc2)nc1C(=O)Nc1nc2c(s1)CN(C)CC2. The summed E-state index contributed by atoms with van der Waals surface area (Å²) < 4.78 is 5.66. The van der Waals surface area contributed by atoms with E-state index in [9.17, 15) is 4.79 Å². The Morgan fingerprint density at radius 2 is 2.08 bits per heavy atom. The molecule has 0 unspecified atom stereocenters. The summed E-state index contributed by atoms with van der Waals surface area (Å²) >= 11 is 1.53. The van der Waals surface area contributed by atoms with Crippen LogP contribution in [0.2, 0.25) is 0 Å². The van der Waals surface area contributed by atoms with Crippen LogP contribution in [0.1, 0.15) is 26.8 Å². The molecule has 1 aliphatic rings. The summed E-state index contributed by atoms with van der Waals surface area (Å²) in [6.07, 6.45) is 0.916. The Kier molecular flexibility index (Phi) is 4.10. The highest BCUT2D eigenvalue weighted by Gasteiger charge is 2.22. The average molecular weight is 354 g/mol. The Morgan fingerprint density at radius 1 is 1.28 bits per heavy atom. The minimum absolute atomic E-state index is 0.289. The molecule has 128 valence electrons. The fourth-order valence-corrected chi connectivity index (χ4v) is 3.93. The molecule has 0 bridgehead atoms. The van der Waals surface area contributed by atoms with Crippen LogP contribution in [0.3, 0.4) is 0 Å². The second-order valence-corrected chi connectivity index (χ2v) is 7.20. The Labute approximate surface area is 149 Å². The first-order chi connectivity index (χ1) is 12.1. The number of aryl methyl sites for hydroxylation is 1. The summed E-state index contributed by atoms with van der Waals surface area (Å²) in [7, 11) is 2.09. The minimum atomic E-state index is -0.289. The summed E-state index contributed by atoms with van der Waals surface area (Å²) in [5, 5.41) is 3.48. The van der Waals surface area contributed by atoms with Crippen molar-refractivity contribution < 1.29 is 9.21 Å². The number of hydrogen-bond acceptors (Lipinski definition) is 6. The van der Waals surface area contributed by atoms with Crippen LogP contribution < -0.4 is 5.32 Å². The third kappa shape index (κ3) is 3.20. The molecule has 0 fully saturated rings. The lowest BCUT2D eigenvalue weighted by molar-refractivity contribution is 0.102. The molecule has 0 saturated carbocycles. The number of nitrogens with one attached hydrogen (secondary N) is 1. The monoisotopic (exact) mass is 354 g/mol. The summed E-state index contributed by atoms with van der Waals surface area (Å²) in [5.74, 6) is 0.656. The highest BCUT2D eigenvalue weighted by atomic mass is 32.1. The fraction of sp³-hybridized carbons (Fsp3) is 0.278. The van der Waals surface area contributed by atoms with Gasteiger partial charge >= 0.3 is 0 Å². The molecular formula is C18H18N4O2S. The zero-order valence-corrected chi connectivity index (χ0v) is 14.9. The topological polar surface area (TPSA) is 71.3 Å². The van der Waals surface area contributed by atoms with E-state index in [0.29, 0.717) is 22.5 Å². The van der Waals surface area contributed by atoms with Crippen LogP contribution in [0, 0.1) is 6.92 Å². The van der Waals surface area contributed by atoms with Crippen molar-refractivity contribution >= 4 is 22.4 Å². The molecule has 7 heteroatoms. The predicted molar refractivity (Wildman–Crippen MR) is 96.8 cm³/mol. The Bertz CT molecular complexity index is 917. The van der Waals surface area contributed by atoms with Gasteiger partial charge in [-0.2, -0.15) is 0 Å². The number of benzene rings is 1. The molecule has 3 aromatic rings. The van der Waals surface area contributed by atoms with Crippen LogP contribution in [0.5, 0.6) is 0 Å². The maximum Gasteiger partial charge on any atom is 0.279 e. The quantitative estimate of drug-likeness (QED) is 0.781. The van der Waals surface area contributed by atoms with Crippen molar-refractivity contribution in [2.45, 2.75) is 19.9 Å². The number of rotatable bonds is 3. The molecule has 6 nitrogen and oxygen atoms in total. The van der Waals surface area contributed by atoms with Crippen molar-refractivity contribution in [3.05, 3.63) is 52.4 Å². The smallest absolute Gasteiger partial charge is 0.279 e. The van der Waals surface area contributed by atoms with E-state index < -0.39 is 0 Å². The van der Waals surface area contributed by atoms with Gasteiger partial charge < -0.3 is 9.32 Å². The third-order valence-corrected chi connectivity index (χ3v) is 5.17. The van der Waals surface area contributed by atoms with Crippen molar-refractivity contribution in [1.82, 2.24) is 14.9 Å². The number of carbonyl (C=O) groups excluding carboxylic acids is 1. The van der Waals surface area contributed by atoms with Gasteiger partial charge in [-0.15, -0.1) is 11.3 Å². The number of oxazole rings is 1. The van der Waals surface area contributed by atoms with Gasteiger partial charge in [0.15, 0.2) is 10.8 Å². The van der Waals surface area contributed by atoms with Gasteiger partial charge in [-0.25, -0.2) is 9.97 Å². The average Bonchev–Trinajstić information content (AvgIpc) is 3.18. The van der Waals surface area contributed by atoms with Crippen LogP contribution >= 0.6 is 11.3 Å². The predicted octanol–water partition coefficient (Wildman–Crippen LogP) is 3.35. The number of hydrogen-bond donors (Lipinski definition) is 1. The number of thiazole rings is 1. The standard InChI is InChI=1S/C18H18N4O2S/c1-11-15(20-17(24-11)12-6-4-3-5-7-12)16(23)21-18-19-13-8-9-22(2)10-14(13)25-18/h3-7H,8-10H2,1-2H3,(H,19,21,23). The van der Waals surface area contributed by atoms with Crippen LogP contribution in [-0.4, -0.2) is 34.4 Å². The Morgan fingerprint density at radius 3 is 2.88 bits per heavy atom. The lowest BCUT2D eigenvalue weighted by Gasteiger charge is -2.20. The molecule has 1 N–H and O–H groups in total. The number of amides is 1. The Hall–Kier alpha value is -2.51. The first kappa shape index (κ1) is 16.0. The van der Waals surface area contributed by atoms with E-state index in [1.807, 2.05) is 30.3 Å². The van der Waals surface area contributed by atoms with Crippen LogP contribution in [0.25, 0.3) is 11.5 Å². The summed E-state index contributed by atoms with van der Waals surface area (Å²) in [5.41, 5.74) is 2.22. The van der Waals surface area contributed by atoms with E-state index in [1.54, 1.807) is 6.92 Å². The van der Waals surface area contributed by atoms with Crippen molar-refractivity contribution in [3.63, 3.8) is 0 Å². The van der Waals surface area contributed by atoms with Crippen LogP contribution in [-0.2, 0) is 13.0 Å². The highest BCUT2D eigenvalue weighted by Crippen LogP contribution is 2.28. The normalized spacial score (nSPS) is 14.3. The summed E-state index contributed by atoms with van der Waals surface area (Å²) in [6, 6.07) is 9.54. The summed E-state index contributed by atoms with van der Waals surface area (Å²) in [4.78, 5) is 25.0. The van der Waals surface area contributed by atoms with Gasteiger partial charge in [-0.05, 0) is 26.1 Å². The fourth-order valence-electron chi connectivity index (χ4n) is 2.84. The minimum Gasteiger partial charge on any atom is -0.441 e. The number of aromatic nitrogens is 2. The second kappa shape index (κ2) is 6.42. The molecule has 4 rings (SSSR count). The highest BCUT2D eigenvalue weighted by molar-refractivity contribution is 7.15. The molecule has 0 radical (unpaired) electrons. The lowest BCUT2D eigenvalue weighted by atomic mass is 10.2. The second-order valence-electron chi connectivity index (χ2n) is 6.12. The molecule has 0 atom stereocenters. The van der Waals surface area contributed by atoms with E-state index in [4.69, 9.17) is 4.42 Å². The number of likely N-dealkylation sites (N-methyl/N-ethyl adjacent to an activating group) is 1. The third-order valence-electron chi connectivity index (χ3n) is 4.17. The van der Waals surface area contributed by atoms with E-state index in [2.05, 4.69) is 27.2 Å². The zero-order chi connectivity index (χ0) is 17.4. The van der Waals surface area contributed by atoms with Crippen molar-refractivity contribution in [2.75, 3.05) is 18.9 Å². The molecule has 2 aromatic heterocycles. The number of carbonyl (C=O) groups is 1. The summed E-state index contributed by atoms with van der Waals surface area (Å²) in [6.45, 7) is 3.62. The largest absolute Gasteiger partial charge is 0.441 e. The molecule has 1 amide bonds. The number of fused-ring (bicyclic) bond motifs is 1. The van der Waals surface area contributed by atoms with Crippen molar-refractivity contribution in [3.8, 4) is 11.5 Å². The zero-order valence-electron chi connectivity index (χ0n) is 14.1. The van der Waals surface area contributed by atoms with Crippen molar-refractivity contribution in [1.29, 1.82) is 0 Å². The molecular weight excluding hydrogens is 336 g/mol. The van der Waals surface area contributed by atoms with E-state index >= 15 is 0 Å². The molecule has 3 heterocycles. The van der Waals surface area contributed by atoms with E-state index in [0.717, 1.165) is 30.8 Å². The first-order valence-electron chi connectivity index (χ1n) is 8.11. The first-order valence-corrected chi connectivity index (χ1v) is 8.93. The maximum absolute atomic E-state index is 12.6. The van der Waals surface area contributed by atoms with Gasteiger partial charge in [0.05, 0.1) is 5.69 Å². The van der Waals surface area contributed by atoms with E-state index in [-0.39, 0.29) is 5.91 Å². The van der Waals surface area contributed by atoms with Gasteiger partial charge in [-0.1, -0.05) is 18.2 Å². The van der Waals surface area contributed by atoms with E-state index in [1.165, 1.54) is 16.2 Å². The van der Waals surface area contributed by atoms with Gasteiger partial charge in [-0.3, -0.25) is 10.1 Å². The number of nitrogens with zero attached hydrogens (tertiary/aromatic N) is 3. The van der Waals surface area contributed by atoms with Gasteiger partial charge in [0.1, 0.15) is 5.76 Å². The molecule has 1 aromatic carbocycles. The van der Waals surface area contributed by atoms with Gasteiger partial charge in [0.25, 0.3) is 5.91 Å². The maximum atomic E-state index is 12.6. The molecule has 0 spiro atoms. The van der Waals surface area contributed by atoms with Crippen molar-refractivity contribution in [2.24, 2.45) is 0 Å².